The zero-order valence-corrected chi connectivity index (χ0v) is 10.8. The SMILES string of the molecule is O=C(CC1CCCCCC1)N[C@@H]1CCCNC1. The molecule has 2 aliphatic rings. The van der Waals surface area contributed by atoms with Gasteiger partial charge in [0.05, 0.1) is 0 Å². The lowest BCUT2D eigenvalue weighted by Crippen LogP contribution is -2.45. The fourth-order valence-electron chi connectivity index (χ4n) is 3.09. The highest BCUT2D eigenvalue weighted by molar-refractivity contribution is 5.76. The van der Waals surface area contributed by atoms with Crippen molar-refractivity contribution in [1.29, 1.82) is 0 Å². The Morgan fingerprint density at radius 2 is 1.82 bits per heavy atom. The van der Waals surface area contributed by atoms with Crippen molar-refractivity contribution in [2.45, 2.75) is 63.8 Å². The molecule has 0 spiro atoms. The van der Waals surface area contributed by atoms with Crippen LogP contribution < -0.4 is 10.6 Å². The number of carbonyl (C=O) groups is 1. The molecule has 3 nitrogen and oxygen atoms in total. The van der Waals surface area contributed by atoms with E-state index in [1.165, 1.54) is 44.9 Å². The third-order valence-electron chi connectivity index (χ3n) is 4.11. The van der Waals surface area contributed by atoms with Crippen molar-refractivity contribution in [2.75, 3.05) is 13.1 Å². The van der Waals surface area contributed by atoms with E-state index in [4.69, 9.17) is 0 Å². The fourth-order valence-corrected chi connectivity index (χ4v) is 3.09. The van der Waals surface area contributed by atoms with Gasteiger partial charge in [-0.25, -0.2) is 0 Å². The molecule has 1 aliphatic heterocycles. The Bertz CT molecular complexity index is 228. The molecule has 17 heavy (non-hydrogen) atoms. The van der Waals surface area contributed by atoms with Crippen LogP contribution in [0.2, 0.25) is 0 Å². The lowest BCUT2D eigenvalue weighted by molar-refractivity contribution is -0.122. The quantitative estimate of drug-likeness (QED) is 0.740. The molecule has 0 unspecified atom stereocenters. The number of hydrogen-bond acceptors (Lipinski definition) is 2. The van der Waals surface area contributed by atoms with Gasteiger partial charge in [0.25, 0.3) is 0 Å². The van der Waals surface area contributed by atoms with Gasteiger partial charge >= 0.3 is 0 Å². The minimum absolute atomic E-state index is 0.283. The summed E-state index contributed by atoms with van der Waals surface area (Å²) in [6.45, 7) is 2.06. The summed E-state index contributed by atoms with van der Waals surface area (Å²) in [4.78, 5) is 12.0. The van der Waals surface area contributed by atoms with E-state index in [-0.39, 0.29) is 5.91 Å². The lowest BCUT2D eigenvalue weighted by Gasteiger charge is -2.24. The average molecular weight is 238 g/mol. The highest BCUT2D eigenvalue weighted by Gasteiger charge is 2.19. The maximum absolute atomic E-state index is 12.0. The van der Waals surface area contributed by atoms with E-state index in [0.29, 0.717) is 12.0 Å². The van der Waals surface area contributed by atoms with Gasteiger partial charge in [0.1, 0.15) is 0 Å². The van der Waals surface area contributed by atoms with Crippen LogP contribution in [0.25, 0.3) is 0 Å². The topological polar surface area (TPSA) is 41.1 Å². The zero-order chi connectivity index (χ0) is 11.9. The van der Waals surface area contributed by atoms with Crippen LogP contribution in [0.3, 0.4) is 0 Å². The number of rotatable bonds is 3. The molecule has 2 fully saturated rings. The molecule has 1 amide bonds. The molecule has 0 bridgehead atoms. The van der Waals surface area contributed by atoms with Crippen molar-refractivity contribution in [3.8, 4) is 0 Å². The predicted molar refractivity (Wildman–Crippen MR) is 69.8 cm³/mol. The van der Waals surface area contributed by atoms with Crippen molar-refractivity contribution < 1.29 is 4.79 Å². The molecule has 1 saturated heterocycles. The molecule has 0 radical (unpaired) electrons. The van der Waals surface area contributed by atoms with E-state index >= 15 is 0 Å². The highest BCUT2D eigenvalue weighted by Crippen LogP contribution is 2.25. The van der Waals surface area contributed by atoms with Crippen LogP contribution >= 0.6 is 0 Å². The molecule has 1 heterocycles. The normalized spacial score (nSPS) is 27.4. The van der Waals surface area contributed by atoms with Gasteiger partial charge in [-0.1, -0.05) is 25.7 Å². The summed E-state index contributed by atoms with van der Waals surface area (Å²) in [5.74, 6) is 0.930. The summed E-state index contributed by atoms with van der Waals surface area (Å²) in [5, 5.41) is 6.52. The van der Waals surface area contributed by atoms with Gasteiger partial charge in [-0.3, -0.25) is 4.79 Å². The van der Waals surface area contributed by atoms with Crippen molar-refractivity contribution >= 4 is 5.91 Å². The summed E-state index contributed by atoms with van der Waals surface area (Å²) in [5.41, 5.74) is 0. The van der Waals surface area contributed by atoms with E-state index in [1.807, 2.05) is 0 Å². The minimum Gasteiger partial charge on any atom is -0.352 e. The standard InChI is InChI=1S/C14H26N2O/c17-14(16-13-8-5-9-15-11-13)10-12-6-3-1-2-4-7-12/h12-13,15H,1-11H2,(H,16,17)/t13-/m1/s1. The van der Waals surface area contributed by atoms with Gasteiger partial charge in [0.15, 0.2) is 0 Å². The first kappa shape index (κ1) is 12.9. The van der Waals surface area contributed by atoms with Gasteiger partial charge in [0.2, 0.25) is 5.91 Å². The number of amides is 1. The third kappa shape index (κ3) is 4.66. The monoisotopic (exact) mass is 238 g/mol. The van der Waals surface area contributed by atoms with Crippen LogP contribution in [0.15, 0.2) is 0 Å². The molecule has 0 aromatic rings. The fraction of sp³-hybridized carbons (Fsp3) is 0.929. The average Bonchev–Trinajstić information content (AvgIpc) is 2.59. The van der Waals surface area contributed by atoms with E-state index in [9.17, 15) is 4.79 Å². The number of nitrogens with one attached hydrogen (secondary N) is 2. The van der Waals surface area contributed by atoms with Crippen LogP contribution in [0.1, 0.15) is 57.8 Å². The van der Waals surface area contributed by atoms with Crippen molar-refractivity contribution in [3.63, 3.8) is 0 Å². The Kier molecular flexibility index (Phi) is 5.30. The first-order chi connectivity index (χ1) is 8.34. The van der Waals surface area contributed by atoms with E-state index < -0.39 is 0 Å². The van der Waals surface area contributed by atoms with Crippen molar-refractivity contribution in [3.05, 3.63) is 0 Å². The molecule has 2 N–H and O–H groups in total. The molecule has 1 aliphatic carbocycles. The van der Waals surface area contributed by atoms with Crippen LogP contribution in [0.5, 0.6) is 0 Å². The number of hydrogen-bond donors (Lipinski definition) is 2. The van der Waals surface area contributed by atoms with E-state index in [2.05, 4.69) is 10.6 Å². The first-order valence-corrected chi connectivity index (χ1v) is 7.34. The number of carbonyl (C=O) groups excluding carboxylic acids is 1. The summed E-state index contributed by atoms with van der Waals surface area (Å²) in [7, 11) is 0. The number of piperidine rings is 1. The van der Waals surface area contributed by atoms with E-state index in [0.717, 1.165) is 25.9 Å². The molecular weight excluding hydrogens is 212 g/mol. The molecule has 2 rings (SSSR count). The Labute approximate surface area is 105 Å². The molecule has 98 valence electrons. The molecule has 1 saturated carbocycles. The summed E-state index contributed by atoms with van der Waals surface area (Å²) < 4.78 is 0. The smallest absolute Gasteiger partial charge is 0.220 e. The second kappa shape index (κ2) is 7.00. The van der Waals surface area contributed by atoms with Gasteiger partial charge in [-0.05, 0) is 38.1 Å². The minimum atomic E-state index is 0.283. The summed E-state index contributed by atoms with van der Waals surface area (Å²) in [6.07, 6.45) is 11.0. The molecule has 1 atom stereocenters. The molecule has 0 aromatic heterocycles. The Morgan fingerprint density at radius 1 is 1.06 bits per heavy atom. The van der Waals surface area contributed by atoms with Crippen LogP contribution in [-0.4, -0.2) is 25.0 Å². The van der Waals surface area contributed by atoms with Gasteiger partial charge in [-0.15, -0.1) is 0 Å². The summed E-state index contributed by atoms with van der Waals surface area (Å²) in [6, 6.07) is 0.377. The Hall–Kier alpha value is -0.570. The second-order valence-corrected chi connectivity index (χ2v) is 5.67. The van der Waals surface area contributed by atoms with Crippen LogP contribution in [0.4, 0.5) is 0 Å². The van der Waals surface area contributed by atoms with E-state index in [1.54, 1.807) is 0 Å². The van der Waals surface area contributed by atoms with Gasteiger partial charge in [0, 0.05) is 19.0 Å². The molecule has 0 aromatic carbocycles. The largest absolute Gasteiger partial charge is 0.352 e. The zero-order valence-electron chi connectivity index (χ0n) is 10.8. The van der Waals surface area contributed by atoms with Crippen molar-refractivity contribution in [2.24, 2.45) is 5.92 Å². The van der Waals surface area contributed by atoms with Crippen LogP contribution in [-0.2, 0) is 4.79 Å². The second-order valence-electron chi connectivity index (χ2n) is 5.67. The molecule has 3 heteroatoms. The van der Waals surface area contributed by atoms with Crippen LogP contribution in [0, 0.1) is 5.92 Å². The van der Waals surface area contributed by atoms with Crippen molar-refractivity contribution in [1.82, 2.24) is 10.6 Å². The Morgan fingerprint density at radius 3 is 2.47 bits per heavy atom. The molecular formula is C14H26N2O. The maximum Gasteiger partial charge on any atom is 0.220 e. The van der Waals surface area contributed by atoms with Gasteiger partial charge < -0.3 is 10.6 Å². The first-order valence-electron chi connectivity index (χ1n) is 7.34. The predicted octanol–water partition coefficient (Wildman–Crippen LogP) is 2.22. The maximum atomic E-state index is 12.0. The Balaban J connectivity index is 1.68. The van der Waals surface area contributed by atoms with Gasteiger partial charge in [-0.2, -0.15) is 0 Å². The third-order valence-corrected chi connectivity index (χ3v) is 4.11. The lowest BCUT2D eigenvalue weighted by atomic mass is 9.96. The highest BCUT2D eigenvalue weighted by atomic mass is 16.1. The summed E-state index contributed by atoms with van der Waals surface area (Å²) >= 11 is 0.